The van der Waals surface area contributed by atoms with Gasteiger partial charge in [0, 0.05) is 27.7 Å². The van der Waals surface area contributed by atoms with Gasteiger partial charge < -0.3 is 28.4 Å². The van der Waals surface area contributed by atoms with Crippen LogP contribution in [-0.2, 0) is 54.2 Å². The van der Waals surface area contributed by atoms with E-state index in [1.807, 2.05) is 0 Å². The summed E-state index contributed by atoms with van der Waals surface area (Å²) in [7, 11) is 1.15. The summed E-state index contributed by atoms with van der Waals surface area (Å²) in [6, 6.07) is 1.31. The Labute approximate surface area is 182 Å². The van der Waals surface area contributed by atoms with Crippen LogP contribution in [-0.4, -0.2) is 71.7 Å². The van der Waals surface area contributed by atoms with Gasteiger partial charge in [0.1, 0.15) is 30.7 Å². The van der Waals surface area contributed by atoms with E-state index in [-0.39, 0.29) is 24.6 Å². The topological polar surface area (TPSA) is 159 Å². The molecule has 1 saturated heterocycles. The van der Waals surface area contributed by atoms with E-state index in [0.29, 0.717) is 0 Å². The molecule has 4 atom stereocenters. The SMILES string of the molecule is COC(=O)c1cc(COC(C)=O)nn1[C@@H]1O[C@H](COC(C)=O)[C@@H](OC(C)=O)[C@H]1OC(C)=O. The van der Waals surface area contributed by atoms with Crippen molar-refractivity contribution >= 4 is 29.8 Å². The third-order valence-corrected chi connectivity index (χ3v) is 4.19. The molecule has 32 heavy (non-hydrogen) atoms. The molecule has 0 spiro atoms. The molecule has 176 valence electrons. The molecule has 0 aromatic carbocycles. The lowest BCUT2D eigenvalue weighted by Gasteiger charge is -2.23. The van der Waals surface area contributed by atoms with Crippen molar-refractivity contribution in [2.75, 3.05) is 13.7 Å². The summed E-state index contributed by atoms with van der Waals surface area (Å²) < 4.78 is 32.2. The summed E-state index contributed by atoms with van der Waals surface area (Å²) in [5.41, 5.74) is 0.0739. The molecule has 0 unspecified atom stereocenters. The van der Waals surface area contributed by atoms with Crippen LogP contribution >= 0.6 is 0 Å². The Balaban J connectivity index is 2.49. The summed E-state index contributed by atoms with van der Waals surface area (Å²) in [5.74, 6) is -3.40. The number of carbonyl (C=O) groups excluding carboxylic acids is 5. The Hall–Kier alpha value is -3.48. The molecular weight excluding hydrogens is 432 g/mol. The maximum Gasteiger partial charge on any atom is 0.356 e. The summed E-state index contributed by atoms with van der Waals surface area (Å²) in [5, 5.41) is 4.21. The Bertz CT molecular complexity index is 894. The van der Waals surface area contributed by atoms with Gasteiger partial charge in [-0.05, 0) is 6.07 Å². The van der Waals surface area contributed by atoms with Gasteiger partial charge in [-0.2, -0.15) is 5.10 Å². The van der Waals surface area contributed by atoms with Crippen LogP contribution in [0.2, 0.25) is 0 Å². The van der Waals surface area contributed by atoms with Crippen molar-refractivity contribution < 1.29 is 52.4 Å². The first kappa shape index (κ1) is 24.8. The van der Waals surface area contributed by atoms with E-state index < -0.39 is 54.4 Å². The summed E-state index contributed by atoms with van der Waals surface area (Å²) in [4.78, 5) is 58.1. The quantitative estimate of drug-likeness (QED) is 0.383. The fourth-order valence-corrected chi connectivity index (χ4v) is 3.03. The first-order chi connectivity index (χ1) is 15.0. The number of rotatable bonds is 8. The lowest BCUT2D eigenvalue weighted by atomic mass is 10.1. The molecule has 0 N–H and O–H groups in total. The minimum absolute atomic E-state index is 0.105. The van der Waals surface area contributed by atoms with Crippen molar-refractivity contribution in [3.05, 3.63) is 17.5 Å². The zero-order valence-electron chi connectivity index (χ0n) is 18.2. The van der Waals surface area contributed by atoms with Gasteiger partial charge in [-0.15, -0.1) is 0 Å². The molecule has 0 amide bonds. The van der Waals surface area contributed by atoms with Crippen LogP contribution in [0.25, 0.3) is 0 Å². The van der Waals surface area contributed by atoms with E-state index >= 15 is 0 Å². The number of nitrogens with zero attached hydrogens (tertiary/aromatic N) is 2. The third kappa shape index (κ3) is 6.26. The van der Waals surface area contributed by atoms with Crippen LogP contribution in [0.3, 0.4) is 0 Å². The molecule has 1 fully saturated rings. The Morgan fingerprint density at radius 2 is 1.53 bits per heavy atom. The molecule has 2 rings (SSSR count). The van der Waals surface area contributed by atoms with Gasteiger partial charge in [0.2, 0.25) is 0 Å². The first-order valence-corrected chi connectivity index (χ1v) is 9.46. The second-order valence-corrected chi connectivity index (χ2v) is 6.75. The maximum atomic E-state index is 12.3. The molecule has 0 bridgehead atoms. The highest BCUT2D eigenvalue weighted by molar-refractivity contribution is 5.87. The van der Waals surface area contributed by atoms with Gasteiger partial charge in [-0.3, -0.25) is 19.2 Å². The lowest BCUT2D eigenvalue weighted by Crippen LogP contribution is -2.41. The smallest absolute Gasteiger partial charge is 0.356 e. The zero-order chi connectivity index (χ0) is 24.0. The standard InChI is InChI=1S/C19H24N2O11/c1-9(22)28-7-13-6-14(19(26)27-5)21(20-13)18-17(31-12(4)25)16(30-11(3)24)15(32-18)8-29-10(2)23/h6,15-18H,7-8H2,1-5H3/t15-,16-,17-,18-/m1/s1. The number of hydrogen-bond acceptors (Lipinski definition) is 12. The van der Waals surface area contributed by atoms with Crippen molar-refractivity contribution in [1.82, 2.24) is 9.78 Å². The molecule has 1 aliphatic rings. The third-order valence-electron chi connectivity index (χ3n) is 4.19. The Morgan fingerprint density at radius 1 is 0.938 bits per heavy atom. The van der Waals surface area contributed by atoms with Crippen molar-refractivity contribution in [2.24, 2.45) is 0 Å². The molecule has 1 aromatic heterocycles. The fraction of sp³-hybridized carbons (Fsp3) is 0.579. The number of hydrogen-bond donors (Lipinski definition) is 0. The Morgan fingerprint density at radius 3 is 2.06 bits per heavy atom. The molecule has 0 saturated carbocycles. The average Bonchev–Trinajstić information content (AvgIpc) is 3.25. The molecule has 0 radical (unpaired) electrons. The monoisotopic (exact) mass is 456 g/mol. The number of carbonyl (C=O) groups is 5. The van der Waals surface area contributed by atoms with Crippen LogP contribution in [0.1, 0.15) is 50.1 Å². The van der Waals surface area contributed by atoms with Crippen molar-refractivity contribution in [3.8, 4) is 0 Å². The van der Waals surface area contributed by atoms with Gasteiger partial charge in [-0.1, -0.05) is 0 Å². The van der Waals surface area contributed by atoms with Gasteiger partial charge in [-0.25, -0.2) is 9.48 Å². The van der Waals surface area contributed by atoms with E-state index in [2.05, 4.69) is 5.10 Å². The summed E-state index contributed by atoms with van der Waals surface area (Å²) >= 11 is 0. The first-order valence-electron chi connectivity index (χ1n) is 9.46. The normalized spacial score (nSPS) is 22.0. The maximum absolute atomic E-state index is 12.3. The van der Waals surface area contributed by atoms with E-state index in [1.165, 1.54) is 19.9 Å². The summed E-state index contributed by atoms with van der Waals surface area (Å²) in [6.45, 7) is 4.10. The van der Waals surface area contributed by atoms with E-state index in [1.54, 1.807) is 0 Å². The number of methoxy groups -OCH3 is 1. The van der Waals surface area contributed by atoms with Gasteiger partial charge >= 0.3 is 29.8 Å². The predicted molar refractivity (Wildman–Crippen MR) is 101 cm³/mol. The minimum Gasteiger partial charge on any atom is -0.464 e. The molecule has 13 heteroatoms. The number of ether oxygens (including phenoxy) is 6. The highest BCUT2D eigenvalue weighted by atomic mass is 16.7. The number of esters is 5. The van der Waals surface area contributed by atoms with Crippen LogP contribution in [0.5, 0.6) is 0 Å². The second-order valence-electron chi connectivity index (χ2n) is 6.75. The second kappa shape index (κ2) is 10.7. The van der Waals surface area contributed by atoms with E-state index in [4.69, 9.17) is 28.4 Å². The van der Waals surface area contributed by atoms with Crippen molar-refractivity contribution in [3.63, 3.8) is 0 Å². The molecular formula is C19H24N2O11. The largest absolute Gasteiger partial charge is 0.464 e. The predicted octanol–water partition coefficient (Wildman–Crippen LogP) is 0.0567. The number of aromatic nitrogens is 2. The van der Waals surface area contributed by atoms with Gasteiger partial charge in [0.25, 0.3) is 0 Å². The van der Waals surface area contributed by atoms with Crippen LogP contribution < -0.4 is 0 Å². The minimum atomic E-state index is -1.26. The van der Waals surface area contributed by atoms with Crippen LogP contribution in [0, 0.1) is 0 Å². The van der Waals surface area contributed by atoms with Crippen LogP contribution in [0.15, 0.2) is 6.07 Å². The van der Waals surface area contributed by atoms with E-state index in [0.717, 1.165) is 25.6 Å². The van der Waals surface area contributed by atoms with Crippen molar-refractivity contribution in [2.45, 2.75) is 58.8 Å². The van der Waals surface area contributed by atoms with Crippen molar-refractivity contribution in [1.29, 1.82) is 0 Å². The lowest BCUT2D eigenvalue weighted by molar-refractivity contribution is -0.166. The highest BCUT2D eigenvalue weighted by Gasteiger charge is 2.51. The average molecular weight is 456 g/mol. The fourth-order valence-electron chi connectivity index (χ4n) is 3.03. The Kier molecular flexibility index (Phi) is 8.29. The van der Waals surface area contributed by atoms with Gasteiger partial charge in [0.05, 0.1) is 7.11 Å². The molecule has 1 aromatic rings. The molecule has 0 aliphatic carbocycles. The zero-order valence-corrected chi connectivity index (χ0v) is 18.2. The molecule has 13 nitrogen and oxygen atoms in total. The molecule has 2 heterocycles. The van der Waals surface area contributed by atoms with Crippen LogP contribution in [0.4, 0.5) is 0 Å². The van der Waals surface area contributed by atoms with E-state index in [9.17, 15) is 24.0 Å². The summed E-state index contributed by atoms with van der Waals surface area (Å²) in [6.07, 6.45) is -4.72. The molecule has 1 aliphatic heterocycles. The highest BCUT2D eigenvalue weighted by Crippen LogP contribution is 2.35. The van der Waals surface area contributed by atoms with Gasteiger partial charge in [0.15, 0.2) is 18.4 Å².